The first-order valence-corrected chi connectivity index (χ1v) is 9.81. The third-order valence-electron chi connectivity index (χ3n) is 4.92. The van der Waals surface area contributed by atoms with Crippen molar-refractivity contribution in [1.82, 2.24) is 20.6 Å². The number of benzene rings is 2. The Morgan fingerprint density at radius 1 is 0.900 bits per heavy atom. The van der Waals surface area contributed by atoms with E-state index >= 15 is 0 Å². The van der Waals surface area contributed by atoms with E-state index in [1.165, 1.54) is 5.39 Å². The number of nitrogens with one attached hydrogen (secondary N) is 3. The Hall–Kier alpha value is -3.93. The smallest absolute Gasteiger partial charge is 0.251 e. The van der Waals surface area contributed by atoms with Crippen LogP contribution in [-0.2, 0) is 13.0 Å². The van der Waals surface area contributed by atoms with Crippen molar-refractivity contribution in [2.75, 3.05) is 6.54 Å². The van der Waals surface area contributed by atoms with E-state index < -0.39 is 0 Å². The number of pyridine rings is 1. The summed E-state index contributed by atoms with van der Waals surface area (Å²) in [7, 11) is 0. The van der Waals surface area contributed by atoms with Gasteiger partial charge in [-0.3, -0.25) is 14.6 Å². The molecule has 30 heavy (non-hydrogen) atoms. The van der Waals surface area contributed by atoms with E-state index in [1.807, 2.05) is 36.5 Å². The summed E-state index contributed by atoms with van der Waals surface area (Å²) < 4.78 is 0. The number of nitrogens with zero attached hydrogens (tertiary/aromatic N) is 1. The molecule has 2 aromatic heterocycles. The fourth-order valence-electron chi connectivity index (χ4n) is 3.34. The van der Waals surface area contributed by atoms with Crippen LogP contribution in [0.2, 0.25) is 0 Å². The molecule has 0 saturated carbocycles. The summed E-state index contributed by atoms with van der Waals surface area (Å²) in [5.74, 6) is -0.427. The highest BCUT2D eigenvalue weighted by atomic mass is 16.2. The van der Waals surface area contributed by atoms with Crippen molar-refractivity contribution in [1.29, 1.82) is 0 Å². The summed E-state index contributed by atoms with van der Waals surface area (Å²) in [5, 5.41) is 6.94. The lowest BCUT2D eigenvalue weighted by Gasteiger charge is -2.08. The van der Waals surface area contributed by atoms with Gasteiger partial charge in [0, 0.05) is 53.7 Å². The Labute approximate surface area is 174 Å². The summed E-state index contributed by atoms with van der Waals surface area (Å²) in [5.41, 5.74) is 4.07. The van der Waals surface area contributed by atoms with Crippen molar-refractivity contribution in [3.8, 4) is 0 Å². The number of aromatic amines is 1. The van der Waals surface area contributed by atoms with E-state index in [0.29, 0.717) is 24.2 Å². The highest BCUT2D eigenvalue weighted by molar-refractivity contribution is 5.99. The van der Waals surface area contributed by atoms with Crippen LogP contribution in [0.25, 0.3) is 10.9 Å². The lowest BCUT2D eigenvalue weighted by Crippen LogP contribution is -2.27. The molecule has 0 fully saturated rings. The van der Waals surface area contributed by atoms with E-state index in [1.54, 1.807) is 36.7 Å². The fourth-order valence-corrected chi connectivity index (χ4v) is 3.34. The third-order valence-corrected chi connectivity index (χ3v) is 4.92. The van der Waals surface area contributed by atoms with Gasteiger partial charge in [-0.2, -0.15) is 0 Å². The number of hydrogen-bond acceptors (Lipinski definition) is 3. The second-order valence-electron chi connectivity index (χ2n) is 6.99. The van der Waals surface area contributed by atoms with E-state index in [9.17, 15) is 9.59 Å². The first-order chi connectivity index (χ1) is 14.7. The van der Waals surface area contributed by atoms with Gasteiger partial charge in [-0.1, -0.05) is 30.3 Å². The number of para-hydroxylation sites is 1. The van der Waals surface area contributed by atoms with Gasteiger partial charge in [-0.15, -0.1) is 0 Å². The largest absolute Gasteiger partial charge is 0.361 e. The minimum absolute atomic E-state index is 0.197. The maximum atomic E-state index is 12.5. The van der Waals surface area contributed by atoms with Gasteiger partial charge >= 0.3 is 0 Å². The molecule has 150 valence electrons. The van der Waals surface area contributed by atoms with Crippen LogP contribution in [0.5, 0.6) is 0 Å². The summed E-state index contributed by atoms with van der Waals surface area (Å²) in [6.07, 6.45) is 6.09. The molecule has 4 aromatic rings. The summed E-state index contributed by atoms with van der Waals surface area (Å²) in [4.78, 5) is 32.2. The van der Waals surface area contributed by atoms with Gasteiger partial charge in [-0.05, 0) is 47.9 Å². The van der Waals surface area contributed by atoms with Gasteiger partial charge in [-0.25, -0.2) is 0 Å². The van der Waals surface area contributed by atoms with E-state index in [0.717, 1.165) is 23.1 Å². The van der Waals surface area contributed by atoms with Crippen LogP contribution in [0.3, 0.4) is 0 Å². The van der Waals surface area contributed by atoms with Crippen LogP contribution < -0.4 is 10.6 Å². The Morgan fingerprint density at radius 2 is 1.70 bits per heavy atom. The molecule has 2 heterocycles. The van der Waals surface area contributed by atoms with E-state index in [-0.39, 0.29) is 11.8 Å². The molecule has 2 amide bonds. The van der Waals surface area contributed by atoms with Gasteiger partial charge in [0.05, 0.1) is 0 Å². The molecule has 0 aliphatic carbocycles. The molecule has 4 rings (SSSR count). The number of hydrogen-bond donors (Lipinski definition) is 3. The number of aromatic nitrogens is 2. The van der Waals surface area contributed by atoms with Crippen molar-refractivity contribution in [2.45, 2.75) is 13.0 Å². The van der Waals surface area contributed by atoms with Crippen LogP contribution in [0.15, 0.2) is 79.3 Å². The molecule has 0 bridgehead atoms. The lowest BCUT2D eigenvalue weighted by molar-refractivity contribution is 0.0950. The molecule has 0 radical (unpaired) electrons. The summed E-state index contributed by atoms with van der Waals surface area (Å²) in [6.45, 7) is 0.895. The molecule has 0 spiro atoms. The number of fused-ring (bicyclic) bond motifs is 1. The average molecular weight is 398 g/mol. The maximum absolute atomic E-state index is 12.5. The zero-order valence-corrected chi connectivity index (χ0v) is 16.4. The predicted molar refractivity (Wildman–Crippen MR) is 116 cm³/mol. The molecule has 3 N–H and O–H groups in total. The highest BCUT2D eigenvalue weighted by Gasteiger charge is 2.11. The Kier molecular flexibility index (Phi) is 5.85. The van der Waals surface area contributed by atoms with Crippen molar-refractivity contribution in [2.24, 2.45) is 0 Å². The number of carbonyl (C=O) groups is 2. The molecule has 0 atom stereocenters. The molecule has 6 nitrogen and oxygen atoms in total. The topological polar surface area (TPSA) is 86.9 Å². The molecule has 2 aromatic carbocycles. The standard InChI is InChI=1S/C24H22N4O2/c29-23(26-12-10-20-16-27-22-9-2-1-8-21(20)22)18-6-3-7-19(13-18)24(30)28-15-17-5-4-11-25-14-17/h1-9,11,13-14,16,27H,10,12,15H2,(H,26,29)(H,28,30). The number of rotatable bonds is 7. The minimum Gasteiger partial charge on any atom is -0.361 e. The fraction of sp³-hybridized carbons (Fsp3) is 0.125. The second-order valence-corrected chi connectivity index (χ2v) is 6.99. The summed E-state index contributed by atoms with van der Waals surface area (Å²) >= 11 is 0. The minimum atomic E-state index is -0.229. The van der Waals surface area contributed by atoms with Crippen molar-refractivity contribution in [3.63, 3.8) is 0 Å². The molecule has 6 heteroatoms. The number of H-pyrrole nitrogens is 1. The molecule has 0 unspecified atom stereocenters. The van der Waals surface area contributed by atoms with Gasteiger partial charge in [0.15, 0.2) is 0 Å². The molecule has 0 saturated heterocycles. The second kappa shape index (κ2) is 9.05. The van der Waals surface area contributed by atoms with Gasteiger partial charge < -0.3 is 15.6 Å². The SMILES string of the molecule is O=C(NCCc1c[nH]c2ccccc12)c1cccc(C(=O)NCc2cccnc2)c1. The van der Waals surface area contributed by atoms with Crippen LogP contribution >= 0.6 is 0 Å². The highest BCUT2D eigenvalue weighted by Crippen LogP contribution is 2.17. The van der Waals surface area contributed by atoms with Crippen molar-refractivity contribution >= 4 is 22.7 Å². The lowest BCUT2D eigenvalue weighted by atomic mass is 10.1. The van der Waals surface area contributed by atoms with Gasteiger partial charge in [0.1, 0.15) is 0 Å². The third kappa shape index (κ3) is 4.55. The average Bonchev–Trinajstić information content (AvgIpc) is 3.21. The van der Waals surface area contributed by atoms with Crippen molar-refractivity contribution < 1.29 is 9.59 Å². The maximum Gasteiger partial charge on any atom is 0.251 e. The van der Waals surface area contributed by atoms with Crippen LogP contribution in [0.4, 0.5) is 0 Å². The van der Waals surface area contributed by atoms with Crippen LogP contribution in [0, 0.1) is 0 Å². The van der Waals surface area contributed by atoms with Crippen molar-refractivity contribution in [3.05, 3.63) is 102 Å². The Bertz CT molecular complexity index is 1170. The first-order valence-electron chi connectivity index (χ1n) is 9.81. The number of carbonyl (C=O) groups excluding carboxylic acids is 2. The first kappa shape index (κ1) is 19.4. The van der Waals surface area contributed by atoms with Gasteiger partial charge in [0.25, 0.3) is 11.8 Å². The monoisotopic (exact) mass is 398 g/mol. The quantitative estimate of drug-likeness (QED) is 0.446. The van der Waals surface area contributed by atoms with Crippen LogP contribution in [0.1, 0.15) is 31.8 Å². The van der Waals surface area contributed by atoms with Gasteiger partial charge in [0.2, 0.25) is 0 Å². The molecular weight excluding hydrogens is 376 g/mol. The zero-order chi connectivity index (χ0) is 20.8. The van der Waals surface area contributed by atoms with E-state index in [2.05, 4.69) is 26.7 Å². The molecule has 0 aliphatic heterocycles. The number of amides is 2. The Balaban J connectivity index is 1.33. The Morgan fingerprint density at radius 3 is 2.50 bits per heavy atom. The molecular formula is C24H22N4O2. The van der Waals surface area contributed by atoms with E-state index in [4.69, 9.17) is 0 Å². The normalized spacial score (nSPS) is 10.7. The predicted octanol–water partition coefficient (Wildman–Crippen LogP) is 3.47. The summed E-state index contributed by atoms with van der Waals surface area (Å²) in [6, 6.07) is 18.5. The zero-order valence-electron chi connectivity index (χ0n) is 16.4. The van der Waals surface area contributed by atoms with Crippen LogP contribution in [-0.4, -0.2) is 28.3 Å². The molecule has 0 aliphatic rings.